The lowest BCUT2D eigenvalue weighted by Crippen LogP contribution is -2.06. The third-order valence-corrected chi connectivity index (χ3v) is 3.09. The van der Waals surface area contributed by atoms with E-state index in [0.29, 0.717) is 11.2 Å². The van der Waals surface area contributed by atoms with Crippen molar-refractivity contribution in [2.75, 3.05) is 19.0 Å². The summed E-state index contributed by atoms with van der Waals surface area (Å²) in [6.45, 7) is 1.95. The molecule has 0 saturated heterocycles. The fourth-order valence-corrected chi connectivity index (χ4v) is 2.03. The number of hydrogen-bond donors (Lipinski definition) is 1. The van der Waals surface area contributed by atoms with Crippen LogP contribution in [-0.4, -0.2) is 34.8 Å². The zero-order valence-corrected chi connectivity index (χ0v) is 12.6. The van der Waals surface area contributed by atoms with Crippen LogP contribution in [0.4, 0.5) is 11.5 Å². The highest BCUT2D eigenvalue weighted by molar-refractivity contribution is 6.05. The molecular formula is C15H14N4O4. The van der Waals surface area contributed by atoms with Gasteiger partial charge in [-0.3, -0.25) is 0 Å². The van der Waals surface area contributed by atoms with Gasteiger partial charge in [0.15, 0.2) is 0 Å². The molecule has 0 aliphatic heterocycles. The number of ether oxygens (including phenoxy) is 2. The lowest BCUT2D eigenvalue weighted by molar-refractivity contribution is 0.0517. The van der Waals surface area contributed by atoms with Crippen LogP contribution in [0.15, 0.2) is 35.1 Å². The van der Waals surface area contributed by atoms with Gasteiger partial charge in [0.25, 0.3) is 5.71 Å². The number of aromatic nitrogens is 3. The van der Waals surface area contributed by atoms with Crippen molar-refractivity contribution in [3.63, 3.8) is 0 Å². The first-order valence-electron chi connectivity index (χ1n) is 6.91. The second-order valence-electron chi connectivity index (χ2n) is 4.51. The first kappa shape index (κ1) is 14.8. The maximum Gasteiger partial charge on any atom is 0.361 e. The maximum absolute atomic E-state index is 12.0. The van der Waals surface area contributed by atoms with Crippen molar-refractivity contribution < 1.29 is 18.8 Å². The average molecular weight is 314 g/mol. The fraction of sp³-hybridized carbons (Fsp3) is 0.200. The molecule has 23 heavy (non-hydrogen) atoms. The summed E-state index contributed by atoms with van der Waals surface area (Å²) in [6.07, 6.45) is 1.33. The van der Waals surface area contributed by atoms with Crippen LogP contribution in [0.2, 0.25) is 0 Å². The molecule has 1 N–H and O–H groups in total. The third-order valence-electron chi connectivity index (χ3n) is 3.09. The first-order chi connectivity index (χ1) is 11.2. The number of nitrogens with one attached hydrogen (secondary N) is 1. The molecule has 2 heterocycles. The number of hydrogen-bond acceptors (Lipinski definition) is 8. The molecule has 118 valence electrons. The van der Waals surface area contributed by atoms with Crippen LogP contribution >= 0.6 is 0 Å². The Kier molecular flexibility index (Phi) is 4.05. The number of fused-ring (bicyclic) bond motifs is 1. The van der Waals surface area contributed by atoms with E-state index >= 15 is 0 Å². The number of esters is 1. The van der Waals surface area contributed by atoms with Crippen LogP contribution in [0.3, 0.4) is 0 Å². The van der Waals surface area contributed by atoms with Crippen LogP contribution in [0, 0.1) is 0 Å². The van der Waals surface area contributed by atoms with Gasteiger partial charge in [0, 0.05) is 5.69 Å². The maximum atomic E-state index is 12.0. The molecule has 2 aromatic heterocycles. The Bertz CT molecular complexity index is 829. The Labute approximate surface area is 131 Å². The summed E-state index contributed by atoms with van der Waals surface area (Å²) in [5, 5.41) is 7.22. The van der Waals surface area contributed by atoms with Crippen LogP contribution in [0.5, 0.6) is 5.75 Å². The molecule has 0 amide bonds. The smallest absolute Gasteiger partial charge is 0.361 e. The minimum absolute atomic E-state index is 0.0402. The Balaban J connectivity index is 1.99. The third kappa shape index (κ3) is 2.91. The number of rotatable bonds is 5. The number of anilines is 2. The molecule has 0 spiro atoms. The van der Waals surface area contributed by atoms with Crippen molar-refractivity contribution in [3.05, 3.63) is 36.3 Å². The number of nitrogens with zero attached hydrogens (tertiary/aromatic N) is 3. The van der Waals surface area contributed by atoms with E-state index in [0.717, 1.165) is 11.4 Å². The minimum atomic E-state index is -0.584. The molecule has 0 atom stereocenters. The summed E-state index contributed by atoms with van der Waals surface area (Å²) in [5.41, 5.74) is 1.01. The van der Waals surface area contributed by atoms with E-state index in [1.165, 1.54) is 6.33 Å². The quantitative estimate of drug-likeness (QED) is 0.717. The van der Waals surface area contributed by atoms with Gasteiger partial charge >= 0.3 is 5.97 Å². The van der Waals surface area contributed by atoms with Gasteiger partial charge in [0.1, 0.15) is 23.3 Å². The molecule has 0 radical (unpaired) electrons. The number of methoxy groups -OCH3 is 1. The lowest BCUT2D eigenvalue weighted by Gasteiger charge is -2.07. The summed E-state index contributed by atoms with van der Waals surface area (Å²) in [5.74, 6) is 0.559. The van der Waals surface area contributed by atoms with E-state index in [9.17, 15) is 4.79 Å². The molecule has 0 unspecified atom stereocenters. The van der Waals surface area contributed by atoms with Gasteiger partial charge < -0.3 is 19.3 Å². The monoisotopic (exact) mass is 314 g/mol. The zero-order valence-electron chi connectivity index (χ0n) is 12.6. The van der Waals surface area contributed by atoms with E-state index in [1.807, 2.05) is 12.1 Å². The Morgan fingerprint density at radius 1 is 1.26 bits per heavy atom. The SMILES string of the molecule is CCOC(=O)c1noc2ncnc(Nc3ccc(OC)cc3)c12. The van der Waals surface area contributed by atoms with Gasteiger partial charge in [-0.05, 0) is 31.2 Å². The van der Waals surface area contributed by atoms with Crippen LogP contribution < -0.4 is 10.1 Å². The predicted molar refractivity (Wildman–Crippen MR) is 81.8 cm³/mol. The van der Waals surface area contributed by atoms with Crippen molar-refractivity contribution in [2.24, 2.45) is 0 Å². The van der Waals surface area contributed by atoms with Gasteiger partial charge in [0.2, 0.25) is 5.69 Å². The predicted octanol–water partition coefficient (Wildman–Crippen LogP) is 2.55. The highest BCUT2D eigenvalue weighted by Gasteiger charge is 2.22. The molecule has 8 heteroatoms. The van der Waals surface area contributed by atoms with E-state index in [1.54, 1.807) is 26.2 Å². The summed E-state index contributed by atoms with van der Waals surface area (Å²) in [7, 11) is 1.60. The molecule has 3 aromatic rings. The number of benzene rings is 1. The molecule has 0 aliphatic rings. The topological polar surface area (TPSA) is 99.4 Å². The van der Waals surface area contributed by atoms with Crippen LogP contribution in [0.25, 0.3) is 11.1 Å². The van der Waals surface area contributed by atoms with E-state index < -0.39 is 5.97 Å². The number of carbonyl (C=O) groups is 1. The largest absolute Gasteiger partial charge is 0.497 e. The average Bonchev–Trinajstić information content (AvgIpc) is 3.01. The summed E-state index contributed by atoms with van der Waals surface area (Å²) in [6, 6.07) is 7.26. The highest BCUT2D eigenvalue weighted by atomic mass is 16.5. The van der Waals surface area contributed by atoms with Gasteiger partial charge in [-0.1, -0.05) is 5.16 Å². The summed E-state index contributed by atoms with van der Waals surface area (Å²) >= 11 is 0. The van der Waals surface area contributed by atoms with E-state index in [4.69, 9.17) is 14.0 Å². The molecule has 0 bridgehead atoms. The van der Waals surface area contributed by atoms with Crippen molar-refractivity contribution in [1.82, 2.24) is 15.1 Å². The number of carbonyl (C=O) groups excluding carboxylic acids is 1. The molecule has 0 aliphatic carbocycles. The van der Waals surface area contributed by atoms with Crippen molar-refractivity contribution in [2.45, 2.75) is 6.92 Å². The molecule has 0 fully saturated rings. The second-order valence-corrected chi connectivity index (χ2v) is 4.51. The standard InChI is InChI=1S/C15H14N4O4/c1-3-22-15(20)12-11-13(16-8-17-14(11)23-19-12)18-9-4-6-10(21-2)7-5-9/h4-8H,3H2,1-2H3,(H,16,17,18). The molecule has 0 saturated carbocycles. The van der Waals surface area contributed by atoms with Crippen LogP contribution in [-0.2, 0) is 4.74 Å². The minimum Gasteiger partial charge on any atom is -0.497 e. The highest BCUT2D eigenvalue weighted by Crippen LogP contribution is 2.27. The van der Waals surface area contributed by atoms with Crippen molar-refractivity contribution >= 4 is 28.6 Å². The lowest BCUT2D eigenvalue weighted by atomic mass is 10.2. The van der Waals surface area contributed by atoms with E-state index in [-0.39, 0.29) is 18.0 Å². The van der Waals surface area contributed by atoms with Crippen molar-refractivity contribution in [1.29, 1.82) is 0 Å². The Hall–Kier alpha value is -3.16. The van der Waals surface area contributed by atoms with Crippen molar-refractivity contribution in [3.8, 4) is 5.75 Å². The van der Waals surface area contributed by atoms with Gasteiger partial charge in [-0.2, -0.15) is 4.98 Å². The Morgan fingerprint density at radius 3 is 2.74 bits per heavy atom. The van der Waals surface area contributed by atoms with Gasteiger partial charge in [-0.15, -0.1) is 0 Å². The normalized spacial score (nSPS) is 10.5. The first-order valence-corrected chi connectivity index (χ1v) is 6.91. The van der Waals surface area contributed by atoms with Gasteiger partial charge in [-0.25, -0.2) is 9.78 Å². The Morgan fingerprint density at radius 2 is 2.04 bits per heavy atom. The summed E-state index contributed by atoms with van der Waals surface area (Å²) < 4.78 is 15.2. The summed E-state index contributed by atoms with van der Waals surface area (Å²) in [4.78, 5) is 20.1. The van der Waals surface area contributed by atoms with Crippen LogP contribution in [0.1, 0.15) is 17.4 Å². The molecule has 3 rings (SSSR count). The zero-order chi connectivity index (χ0) is 16.2. The molecule has 8 nitrogen and oxygen atoms in total. The second kappa shape index (κ2) is 6.30. The van der Waals surface area contributed by atoms with Gasteiger partial charge in [0.05, 0.1) is 13.7 Å². The van der Waals surface area contributed by atoms with E-state index in [2.05, 4.69) is 20.4 Å². The fourth-order valence-electron chi connectivity index (χ4n) is 2.03. The molecule has 1 aromatic carbocycles. The molecular weight excluding hydrogens is 300 g/mol.